The van der Waals surface area contributed by atoms with Crippen LogP contribution in [0.25, 0.3) is 11.3 Å². The van der Waals surface area contributed by atoms with E-state index in [0.717, 1.165) is 38.7 Å². The number of aromatic nitrogens is 2. The number of hydrogen-bond acceptors (Lipinski definition) is 2. The molecule has 2 aromatic carbocycles. The number of rotatable bonds is 5. The van der Waals surface area contributed by atoms with Gasteiger partial charge in [-0.1, -0.05) is 52.0 Å². The van der Waals surface area contributed by atoms with Gasteiger partial charge >= 0.3 is 0 Å². The van der Waals surface area contributed by atoms with Crippen molar-refractivity contribution in [3.8, 4) is 11.3 Å². The summed E-state index contributed by atoms with van der Waals surface area (Å²) in [4.78, 5) is 4.56. The van der Waals surface area contributed by atoms with E-state index in [4.69, 9.17) is 0 Å². The van der Waals surface area contributed by atoms with Gasteiger partial charge in [-0.2, -0.15) is 0 Å². The van der Waals surface area contributed by atoms with Crippen LogP contribution in [0.3, 0.4) is 0 Å². The zero-order valence-electron chi connectivity index (χ0n) is 12.7. The normalized spacial score (nSPS) is 10.9. The highest BCUT2D eigenvalue weighted by molar-refractivity contribution is 9.10. The molecule has 0 atom stereocenters. The van der Waals surface area contributed by atoms with Crippen molar-refractivity contribution in [2.24, 2.45) is 0 Å². The predicted molar refractivity (Wildman–Crippen MR) is 97.0 cm³/mol. The molecule has 0 aliphatic carbocycles. The molecule has 5 heteroatoms. The average molecular weight is 391 g/mol. The van der Waals surface area contributed by atoms with Gasteiger partial charge < -0.3 is 4.57 Å². The fourth-order valence-corrected chi connectivity index (χ4v) is 3.62. The van der Waals surface area contributed by atoms with E-state index in [1.807, 2.05) is 30.5 Å². The van der Waals surface area contributed by atoms with E-state index in [1.54, 1.807) is 11.8 Å². The molecule has 23 heavy (non-hydrogen) atoms. The molecule has 0 fully saturated rings. The Morgan fingerprint density at radius 3 is 2.43 bits per heavy atom. The molecule has 0 amide bonds. The SMILES string of the molecule is CCn1c(-c2ccc(Br)cc2)cnc1SCc1ccc(F)cc1. The Balaban J connectivity index is 1.80. The maximum absolute atomic E-state index is 13.0. The molecule has 0 radical (unpaired) electrons. The predicted octanol–water partition coefficient (Wildman–Crippen LogP) is 5.76. The molecule has 0 N–H and O–H groups in total. The van der Waals surface area contributed by atoms with Crippen LogP contribution in [-0.2, 0) is 12.3 Å². The second kappa shape index (κ2) is 7.32. The fourth-order valence-electron chi connectivity index (χ4n) is 2.36. The third-order valence-electron chi connectivity index (χ3n) is 3.56. The lowest BCUT2D eigenvalue weighted by atomic mass is 10.2. The van der Waals surface area contributed by atoms with Gasteiger partial charge in [-0.3, -0.25) is 0 Å². The van der Waals surface area contributed by atoms with Crippen molar-refractivity contribution >= 4 is 27.7 Å². The van der Waals surface area contributed by atoms with E-state index in [0.29, 0.717) is 0 Å². The highest BCUT2D eigenvalue weighted by Crippen LogP contribution is 2.28. The third kappa shape index (κ3) is 3.85. The van der Waals surface area contributed by atoms with Crippen molar-refractivity contribution in [1.82, 2.24) is 9.55 Å². The van der Waals surface area contributed by atoms with Gasteiger partial charge in [0.2, 0.25) is 0 Å². The summed E-state index contributed by atoms with van der Waals surface area (Å²) in [6, 6.07) is 14.9. The first-order valence-corrected chi connectivity index (χ1v) is 9.14. The van der Waals surface area contributed by atoms with Crippen LogP contribution >= 0.6 is 27.7 Å². The lowest BCUT2D eigenvalue weighted by Gasteiger charge is -2.09. The Hall–Kier alpha value is -1.59. The molecule has 1 aromatic heterocycles. The van der Waals surface area contributed by atoms with Crippen molar-refractivity contribution < 1.29 is 4.39 Å². The zero-order chi connectivity index (χ0) is 16.2. The minimum absolute atomic E-state index is 0.202. The van der Waals surface area contributed by atoms with E-state index in [1.165, 1.54) is 12.1 Å². The highest BCUT2D eigenvalue weighted by atomic mass is 79.9. The molecule has 3 rings (SSSR count). The minimum atomic E-state index is -0.202. The minimum Gasteiger partial charge on any atom is -0.319 e. The number of thioether (sulfide) groups is 1. The molecule has 0 bridgehead atoms. The molecule has 0 aliphatic rings. The first-order chi connectivity index (χ1) is 11.2. The van der Waals surface area contributed by atoms with Gasteiger partial charge in [-0.15, -0.1) is 0 Å². The number of hydrogen-bond donors (Lipinski definition) is 0. The maximum Gasteiger partial charge on any atom is 0.168 e. The second-order valence-corrected chi connectivity index (χ2v) is 6.95. The van der Waals surface area contributed by atoms with Crippen LogP contribution in [0.5, 0.6) is 0 Å². The van der Waals surface area contributed by atoms with Crippen LogP contribution in [-0.4, -0.2) is 9.55 Å². The van der Waals surface area contributed by atoms with E-state index < -0.39 is 0 Å². The van der Waals surface area contributed by atoms with Crippen LogP contribution < -0.4 is 0 Å². The Morgan fingerprint density at radius 1 is 1.09 bits per heavy atom. The molecule has 0 spiro atoms. The van der Waals surface area contributed by atoms with Crippen LogP contribution in [0.4, 0.5) is 4.39 Å². The van der Waals surface area contributed by atoms with Gasteiger partial charge in [0.25, 0.3) is 0 Å². The van der Waals surface area contributed by atoms with Crippen molar-refractivity contribution in [1.29, 1.82) is 0 Å². The van der Waals surface area contributed by atoms with Gasteiger partial charge in [-0.05, 0) is 42.3 Å². The van der Waals surface area contributed by atoms with Gasteiger partial charge in [0, 0.05) is 16.8 Å². The summed E-state index contributed by atoms with van der Waals surface area (Å²) in [6.07, 6.45) is 1.92. The van der Waals surface area contributed by atoms with Crippen molar-refractivity contribution in [2.75, 3.05) is 0 Å². The molecule has 0 saturated carbocycles. The summed E-state index contributed by atoms with van der Waals surface area (Å²) in [7, 11) is 0. The van der Waals surface area contributed by atoms with Crippen LogP contribution in [0, 0.1) is 5.82 Å². The summed E-state index contributed by atoms with van der Waals surface area (Å²) in [5.74, 6) is 0.572. The fraction of sp³-hybridized carbons (Fsp3) is 0.167. The van der Waals surface area contributed by atoms with Gasteiger partial charge in [0.1, 0.15) is 5.82 Å². The van der Waals surface area contributed by atoms with E-state index >= 15 is 0 Å². The lowest BCUT2D eigenvalue weighted by Crippen LogP contribution is -1.99. The smallest absolute Gasteiger partial charge is 0.168 e. The van der Waals surface area contributed by atoms with Crippen LogP contribution in [0.2, 0.25) is 0 Å². The average Bonchev–Trinajstić information content (AvgIpc) is 2.98. The highest BCUT2D eigenvalue weighted by Gasteiger charge is 2.11. The molecule has 2 nitrogen and oxygen atoms in total. The molecule has 0 saturated heterocycles. The molecule has 3 aromatic rings. The Bertz CT molecular complexity index is 782. The molecule has 0 aliphatic heterocycles. The standard InChI is InChI=1S/C18H16BrFN2S/c1-2-22-17(14-5-7-15(19)8-6-14)11-21-18(22)23-12-13-3-9-16(20)10-4-13/h3-11H,2,12H2,1H3. The summed E-state index contributed by atoms with van der Waals surface area (Å²) in [6.45, 7) is 2.98. The summed E-state index contributed by atoms with van der Waals surface area (Å²) in [5, 5.41) is 0.981. The second-order valence-electron chi connectivity index (χ2n) is 5.09. The Morgan fingerprint density at radius 2 is 1.78 bits per heavy atom. The quantitative estimate of drug-likeness (QED) is 0.515. The van der Waals surface area contributed by atoms with E-state index in [2.05, 4.69) is 44.5 Å². The maximum atomic E-state index is 13.0. The largest absolute Gasteiger partial charge is 0.319 e. The topological polar surface area (TPSA) is 17.8 Å². The molecule has 118 valence electrons. The Labute approximate surface area is 147 Å². The van der Waals surface area contributed by atoms with Crippen LogP contribution in [0.1, 0.15) is 12.5 Å². The van der Waals surface area contributed by atoms with Crippen LogP contribution in [0.15, 0.2) is 64.4 Å². The monoisotopic (exact) mass is 390 g/mol. The molecular formula is C18H16BrFN2S. The summed E-state index contributed by atoms with van der Waals surface area (Å²) in [5.41, 5.74) is 3.35. The van der Waals surface area contributed by atoms with Gasteiger partial charge in [-0.25, -0.2) is 9.37 Å². The summed E-state index contributed by atoms with van der Waals surface area (Å²) >= 11 is 5.13. The molecular weight excluding hydrogens is 375 g/mol. The first kappa shape index (κ1) is 16.3. The van der Waals surface area contributed by atoms with Gasteiger partial charge in [0.15, 0.2) is 5.16 Å². The van der Waals surface area contributed by atoms with Crippen molar-refractivity contribution in [2.45, 2.75) is 24.4 Å². The number of imidazole rings is 1. The first-order valence-electron chi connectivity index (χ1n) is 7.36. The lowest BCUT2D eigenvalue weighted by molar-refractivity contribution is 0.627. The van der Waals surface area contributed by atoms with Crippen molar-refractivity contribution in [3.63, 3.8) is 0 Å². The number of nitrogens with zero attached hydrogens (tertiary/aromatic N) is 2. The van der Waals surface area contributed by atoms with E-state index in [-0.39, 0.29) is 5.82 Å². The molecule has 1 heterocycles. The Kier molecular flexibility index (Phi) is 5.18. The number of benzene rings is 2. The van der Waals surface area contributed by atoms with Crippen molar-refractivity contribution in [3.05, 3.63) is 70.6 Å². The van der Waals surface area contributed by atoms with Gasteiger partial charge in [0.05, 0.1) is 11.9 Å². The zero-order valence-corrected chi connectivity index (χ0v) is 15.1. The third-order valence-corrected chi connectivity index (χ3v) is 5.15. The van der Waals surface area contributed by atoms with E-state index in [9.17, 15) is 4.39 Å². The number of halogens is 2. The molecule has 0 unspecified atom stereocenters. The summed E-state index contributed by atoms with van der Waals surface area (Å²) < 4.78 is 16.2.